The highest BCUT2D eigenvalue weighted by molar-refractivity contribution is 5.27. The van der Waals surface area contributed by atoms with Gasteiger partial charge in [-0.3, -0.25) is 4.90 Å². The van der Waals surface area contributed by atoms with Gasteiger partial charge in [0, 0.05) is 19.1 Å². The van der Waals surface area contributed by atoms with Crippen LogP contribution in [-0.2, 0) is 0 Å². The average molecular weight is 264 g/mol. The molecule has 1 aromatic carbocycles. The van der Waals surface area contributed by atoms with Gasteiger partial charge < -0.3 is 15.2 Å². The molecule has 2 rings (SSSR count). The number of aryl methyl sites for hydroxylation is 1. The Morgan fingerprint density at radius 2 is 2.37 bits per heavy atom. The van der Waals surface area contributed by atoms with E-state index >= 15 is 0 Å². The second-order valence-electron chi connectivity index (χ2n) is 5.15. The maximum absolute atomic E-state index is 9.25. The highest BCUT2D eigenvalue weighted by atomic mass is 16.5. The van der Waals surface area contributed by atoms with E-state index in [1.807, 2.05) is 12.1 Å². The molecule has 1 unspecified atom stereocenters. The summed E-state index contributed by atoms with van der Waals surface area (Å²) in [6, 6.07) is 8.33. The van der Waals surface area contributed by atoms with Crippen molar-refractivity contribution in [1.82, 2.24) is 10.2 Å². The molecule has 0 saturated carbocycles. The Morgan fingerprint density at radius 3 is 3.16 bits per heavy atom. The Morgan fingerprint density at radius 1 is 1.47 bits per heavy atom. The normalized spacial score (nSPS) is 21.1. The molecule has 19 heavy (non-hydrogen) atoms. The van der Waals surface area contributed by atoms with E-state index in [0.29, 0.717) is 6.61 Å². The molecule has 1 fully saturated rings. The van der Waals surface area contributed by atoms with Crippen LogP contribution in [0.4, 0.5) is 0 Å². The Labute approximate surface area is 115 Å². The van der Waals surface area contributed by atoms with Crippen LogP contribution in [-0.4, -0.2) is 55.4 Å². The predicted octanol–water partition coefficient (Wildman–Crippen LogP) is 1.03. The van der Waals surface area contributed by atoms with Gasteiger partial charge in [-0.1, -0.05) is 12.1 Å². The van der Waals surface area contributed by atoms with Crippen LogP contribution in [0.3, 0.4) is 0 Å². The smallest absolute Gasteiger partial charge is 0.119 e. The van der Waals surface area contributed by atoms with Crippen LogP contribution >= 0.6 is 0 Å². The van der Waals surface area contributed by atoms with Crippen molar-refractivity contribution in [2.45, 2.75) is 19.4 Å². The van der Waals surface area contributed by atoms with Gasteiger partial charge in [0.1, 0.15) is 12.4 Å². The van der Waals surface area contributed by atoms with Gasteiger partial charge in [-0.25, -0.2) is 0 Å². The van der Waals surface area contributed by atoms with Crippen molar-refractivity contribution in [2.24, 2.45) is 0 Å². The van der Waals surface area contributed by atoms with Crippen molar-refractivity contribution >= 4 is 0 Å². The summed E-state index contributed by atoms with van der Waals surface area (Å²) in [5, 5.41) is 12.6. The molecule has 0 radical (unpaired) electrons. The molecule has 0 aliphatic carbocycles. The molecule has 0 amide bonds. The van der Waals surface area contributed by atoms with Gasteiger partial charge in [0.05, 0.1) is 6.61 Å². The van der Waals surface area contributed by atoms with Crippen LogP contribution in [0, 0.1) is 6.92 Å². The highest BCUT2D eigenvalue weighted by Crippen LogP contribution is 2.12. The zero-order valence-corrected chi connectivity index (χ0v) is 11.6. The van der Waals surface area contributed by atoms with E-state index < -0.39 is 0 Å². The average Bonchev–Trinajstić information content (AvgIpc) is 2.64. The van der Waals surface area contributed by atoms with Crippen LogP contribution < -0.4 is 10.1 Å². The zero-order chi connectivity index (χ0) is 13.5. The summed E-state index contributed by atoms with van der Waals surface area (Å²) >= 11 is 0. The fourth-order valence-corrected chi connectivity index (χ4v) is 2.40. The summed E-state index contributed by atoms with van der Waals surface area (Å²) < 4.78 is 5.77. The van der Waals surface area contributed by atoms with Crippen molar-refractivity contribution in [3.63, 3.8) is 0 Å². The molecule has 1 aliphatic rings. The summed E-state index contributed by atoms with van der Waals surface area (Å²) in [4.78, 5) is 2.36. The number of nitrogens with zero attached hydrogens (tertiary/aromatic N) is 1. The van der Waals surface area contributed by atoms with Gasteiger partial charge in [0.2, 0.25) is 0 Å². The van der Waals surface area contributed by atoms with E-state index in [4.69, 9.17) is 4.74 Å². The molecule has 0 aromatic heterocycles. The summed E-state index contributed by atoms with van der Waals surface area (Å²) in [5.41, 5.74) is 1.22. The highest BCUT2D eigenvalue weighted by Gasteiger charge is 2.16. The van der Waals surface area contributed by atoms with Gasteiger partial charge in [-0.15, -0.1) is 0 Å². The Bertz CT molecular complexity index is 384. The first kappa shape index (κ1) is 14.3. The topological polar surface area (TPSA) is 44.7 Å². The Balaban J connectivity index is 1.75. The molecule has 106 valence electrons. The number of rotatable bonds is 5. The molecule has 1 saturated heterocycles. The third kappa shape index (κ3) is 4.82. The number of hydrogen-bond acceptors (Lipinski definition) is 4. The molecule has 1 aromatic rings. The molecule has 1 aliphatic heterocycles. The predicted molar refractivity (Wildman–Crippen MR) is 76.6 cm³/mol. The number of ether oxygens (including phenoxy) is 1. The summed E-state index contributed by atoms with van der Waals surface area (Å²) in [5.74, 6) is 0.937. The van der Waals surface area contributed by atoms with E-state index in [1.54, 1.807) is 0 Å². The molecule has 1 heterocycles. The molecular weight excluding hydrogens is 240 g/mol. The molecule has 0 spiro atoms. The zero-order valence-electron chi connectivity index (χ0n) is 11.6. The van der Waals surface area contributed by atoms with E-state index in [2.05, 4.69) is 29.3 Å². The number of benzene rings is 1. The lowest BCUT2D eigenvalue weighted by atomic mass is 10.2. The first-order valence-corrected chi connectivity index (χ1v) is 7.04. The lowest BCUT2D eigenvalue weighted by molar-refractivity contribution is 0.177. The maximum Gasteiger partial charge on any atom is 0.119 e. The largest absolute Gasteiger partial charge is 0.492 e. The molecule has 0 bridgehead atoms. The number of hydrogen-bond donors (Lipinski definition) is 2. The summed E-state index contributed by atoms with van der Waals surface area (Å²) in [6.45, 7) is 6.83. The Kier molecular flexibility index (Phi) is 5.63. The van der Waals surface area contributed by atoms with Crippen molar-refractivity contribution in [3.05, 3.63) is 29.8 Å². The maximum atomic E-state index is 9.25. The van der Waals surface area contributed by atoms with Gasteiger partial charge in [-0.2, -0.15) is 0 Å². The van der Waals surface area contributed by atoms with Crippen LogP contribution in [0.5, 0.6) is 5.75 Å². The van der Waals surface area contributed by atoms with Crippen molar-refractivity contribution < 1.29 is 9.84 Å². The SMILES string of the molecule is Cc1cccc(OCCN2CCCNC(CO)C2)c1. The van der Waals surface area contributed by atoms with Gasteiger partial charge in [-0.05, 0) is 44.1 Å². The molecular formula is C15H24N2O2. The lowest BCUT2D eigenvalue weighted by Gasteiger charge is -2.23. The van der Waals surface area contributed by atoms with Crippen LogP contribution in [0.1, 0.15) is 12.0 Å². The third-order valence-electron chi connectivity index (χ3n) is 3.45. The van der Waals surface area contributed by atoms with E-state index in [0.717, 1.165) is 38.3 Å². The minimum Gasteiger partial charge on any atom is -0.492 e. The van der Waals surface area contributed by atoms with Crippen molar-refractivity contribution in [1.29, 1.82) is 0 Å². The summed E-state index contributed by atoms with van der Waals surface area (Å²) in [7, 11) is 0. The van der Waals surface area contributed by atoms with E-state index in [9.17, 15) is 5.11 Å². The fraction of sp³-hybridized carbons (Fsp3) is 0.600. The van der Waals surface area contributed by atoms with Crippen LogP contribution in [0.25, 0.3) is 0 Å². The number of aliphatic hydroxyl groups excluding tert-OH is 1. The first-order chi connectivity index (χ1) is 9.28. The molecule has 2 N–H and O–H groups in total. The summed E-state index contributed by atoms with van der Waals surface area (Å²) in [6.07, 6.45) is 1.13. The van der Waals surface area contributed by atoms with Gasteiger partial charge in [0.15, 0.2) is 0 Å². The van der Waals surface area contributed by atoms with E-state index in [1.165, 1.54) is 5.56 Å². The lowest BCUT2D eigenvalue weighted by Crippen LogP contribution is -2.41. The second-order valence-corrected chi connectivity index (χ2v) is 5.15. The fourth-order valence-electron chi connectivity index (χ4n) is 2.40. The van der Waals surface area contributed by atoms with Crippen LogP contribution in [0.15, 0.2) is 24.3 Å². The minimum absolute atomic E-state index is 0.196. The third-order valence-corrected chi connectivity index (χ3v) is 3.45. The number of nitrogens with one attached hydrogen (secondary N) is 1. The monoisotopic (exact) mass is 264 g/mol. The van der Waals surface area contributed by atoms with Crippen molar-refractivity contribution in [2.75, 3.05) is 39.4 Å². The molecule has 4 heteroatoms. The Hall–Kier alpha value is -1.10. The first-order valence-electron chi connectivity index (χ1n) is 7.04. The molecule has 1 atom stereocenters. The van der Waals surface area contributed by atoms with Gasteiger partial charge in [0.25, 0.3) is 0 Å². The van der Waals surface area contributed by atoms with Gasteiger partial charge >= 0.3 is 0 Å². The minimum atomic E-state index is 0.196. The molecule has 4 nitrogen and oxygen atoms in total. The quantitative estimate of drug-likeness (QED) is 0.834. The van der Waals surface area contributed by atoms with Crippen LogP contribution in [0.2, 0.25) is 0 Å². The standard InChI is InChI=1S/C15H24N2O2/c1-13-4-2-5-15(10-13)19-9-8-17-7-3-6-16-14(11-17)12-18/h2,4-5,10,14,16,18H,3,6-9,11-12H2,1H3. The number of aliphatic hydroxyl groups is 1. The second kappa shape index (κ2) is 7.48. The van der Waals surface area contributed by atoms with Crippen molar-refractivity contribution in [3.8, 4) is 5.75 Å². The van der Waals surface area contributed by atoms with E-state index in [-0.39, 0.29) is 12.6 Å².